The SMILES string of the molecule is COc1cc(CNc2ccc3ccn(C)c3c2)c(SC)cc1OC. The van der Waals surface area contributed by atoms with Gasteiger partial charge in [-0.25, -0.2) is 0 Å². The van der Waals surface area contributed by atoms with Crippen LogP contribution in [0.15, 0.2) is 47.5 Å². The molecule has 24 heavy (non-hydrogen) atoms. The zero-order chi connectivity index (χ0) is 17.1. The summed E-state index contributed by atoms with van der Waals surface area (Å²) >= 11 is 1.71. The Labute approximate surface area is 146 Å². The van der Waals surface area contributed by atoms with Crippen molar-refractivity contribution in [1.29, 1.82) is 0 Å². The fourth-order valence-electron chi connectivity index (χ4n) is 2.80. The largest absolute Gasteiger partial charge is 0.493 e. The summed E-state index contributed by atoms with van der Waals surface area (Å²) < 4.78 is 12.9. The highest BCUT2D eigenvalue weighted by Gasteiger charge is 2.11. The molecule has 4 nitrogen and oxygen atoms in total. The van der Waals surface area contributed by atoms with Gasteiger partial charge >= 0.3 is 0 Å². The van der Waals surface area contributed by atoms with Crippen molar-refractivity contribution in [2.24, 2.45) is 7.05 Å². The van der Waals surface area contributed by atoms with Gasteiger partial charge in [0, 0.05) is 35.9 Å². The first-order chi connectivity index (χ1) is 11.7. The van der Waals surface area contributed by atoms with Crippen LogP contribution < -0.4 is 14.8 Å². The van der Waals surface area contributed by atoms with Gasteiger partial charge in [0.05, 0.1) is 14.2 Å². The number of methoxy groups -OCH3 is 2. The highest BCUT2D eigenvalue weighted by Crippen LogP contribution is 2.35. The second-order valence-electron chi connectivity index (χ2n) is 5.57. The smallest absolute Gasteiger partial charge is 0.161 e. The molecule has 0 aliphatic rings. The van der Waals surface area contributed by atoms with Crippen LogP contribution in [0, 0.1) is 0 Å². The Kier molecular flexibility index (Phi) is 4.90. The fraction of sp³-hybridized carbons (Fsp3) is 0.263. The Morgan fingerprint density at radius 3 is 2.50 bits per heavy atom. The van der Waals surface area contributed by atoms with E-state index in [2.05, 4.69) is 53.6 Å². The summed E-state index contributed by atoms with van der Waals surface area (Å²) in [5, 5.41) is 4.76. The highest BCUT2D eigenvalue weighted by atomic mass is 32.2. The third-order valence-corrected chi connectivity index (χ3v) is 4.98. The van der Waals surface area contributed by atoms with Gasteiger partial charge in [-0.3, -0.25) is 0 Å². The van der Waals surface area contributed by atoms with Gasteiger partial charge in [-0.2, -0.15) is 0 Å². The number of ether oxygens (including phenoxy) is 2. The number of hydrogen-bond donors (Lipinski definition) is 1. The Hall–Kier alpha value is -2.27. The monoisotopic (exact) mass is 342 g/mol. The van der Waals surface area contributed by atoms with Crippen LogP contribution in [0.1, 0.15) is 5.56 Å². The number of aryl methyl sites for hydroxylation is 1. The number of benzene rings is 2. The summed E-state index contributed by atoms with van der Waals surface area (Å²) in [4.78, 5) is 1.18. The number of aromatic nitrogens is 1. The number of hydrogen-bond acceptors (Lipinski definition) is 4. The van der Waals surface area contributed by atoms with Gasteiger partial charge in [0.1, 0.15) is 0 Å². The molecule has 0 atom stereocenters. The number of rotatable bonds is 6. The molecule has 0 fully saturated rings. The van der Waals surface area contributed by atoms with E-state index in [1.807, 2.05) is 12.1 Å². The van der Waals surface area contributed by atoms with E-state index in [1.165, 1.54) is 21.4 Å². The number of nitrogens with one attached hydrogen (secondary N) is 1. The van der Waals surface area contributed by atoms with Gasteiger partial charge in [-0.15, -0.1) is 11.8 Å². The molecule has 0 aliphatic carbocycles. The fourth-order valence-corrected chi connectivity index (χ4v) is 3.42. The molecule has 126 valence electrons. The van der Waals surface area contributed by atoms with Crippen molar-refractivity contribution in [3.63, 3.8) is 0 Å². The second-order valence-corrected chi connectivity index (χ2v) is 6.42. The van der Waals surface area contributed by atoms with E-state index in [4.69, 9.17) is 9.47 Å². The van der Waals surface area contributed by atoms with Crippen molar-refractivity contribution in [3.8, 4) is 11.5 Å². The Balaban J connectivity index is 1.85. The Morgan fingerprint density at radius 1 is 1.04 bits per heavy atom. The molecule has 0 saturated heterocycles. The molecule has 0 unspecified atom stereocenters. The van der Waals surface area contributed by atoms with E-state index in [9.17, 15) is 0 Å². The van der Waals surface area contributed by atoms with E-state index in [-0.39, 0.29) is 0 Å². The first kappa shape index (κ1) is 16.6. The normalized spacial score (nSPS) is 10.8. The first-order valence-corrected chi connectivity index (χ1v) is 8.96. The molecule has 0 amide bonds. The lowest BCUT2D eigenvalue weighted by atomic mass is 10.1. The molecule has 0 saturated carbocycles. The van der Waals surface area contributed by atoms with Gasteiger partial charge in [0.2, 0.25) is 0 Å². The zero-order valence-electron chi connectivity index (χ0n) is 14.4. The lowest BCUT2D eigenvalue weighted by Crippen LogP contribution is -2.02. The molecule has 3 rings (SSSR count). The van der Waals surface area contributed by atoms with E-state index in [0.717, 1.165) is 23.7 Å². The summed E-state index contributed by atoms with van der Waals surface area (Å²) in [6.45, 7) is 0.729. The average molecular weight is 342 g/mol. The van der Waals surface area contributed by atoms with Crippen LogP contribution >= 0.6 is 11.8 Å². The quantitative estimate of drug-likeness (QED) is 0.668. The predicted octanol–water partition coefficient (Wildman–Crippen LogP) is 4.53. The van der Waals surface area contributed by atoms with Crippen LogP contribution in [-0.2, 0) is 13.6 Å². The molecule has 2 aromatic carbocycles. The molecule has 5 heteroatoms. The van der Waals surface area contributed by atoms with E-state index >= 15 is 0 Å². The summed E-state index contributed by atoms with van der Waals surface area (Å²) in [5.74, 6) is 1.51. The summed E-state index contributed by atoms with van der Waals surface area (Å²) in [6, 6.07) is 12.6. The molecule has 0 bridgehead atoms. The molecule has 3 aromatic rings. The van der Waals surface area contributed by atoms with Crippen molar-refractivity contribution in [3.05, 3.63) is 48.2 Å². The molecule has 0 aliphatic heterocycles. The van der Waals surface area contributed by atoms with E-state index < -0.39 is 0 Å². The van der Waals surface area contributed by atoms with E-state index in [0.29, 0.717) is 0 Å². The Bertz CT molecular complexity index is 858. The molecule has 1 heterocycles. The maximum Gasteiger partial charge on any atom is 0.161 e. The second kappa shape index (κ2) is 7.09. The topological polar surface area (TPSA) is 35.4 Å². The number of nitrogens with zero attached hydrogens (tertiary/aromatic N) is 1. The van der Waals surface area contributed by atoms with Gasteiger partial charge in [0.25, 0.3) is 0 Å². The van der Waals surface area contributed by atoms with Gasteiger partial charge in [-0.05, 0) is 47.5 Å². The standard InChI is InChI=1S/C19H22N2O2S/c1-21-8-7-13-5-6-15(10-16(13)21)20-12-14-9-17(22-2)18(23-3)11-19(14)24-4/h5-11,20H,12H2,1-4H3. The molecular formula is C19H22N2O2S. The van der Waals surface area contributed by atoms with Crippen LogP contribution in [0.5, 0.6) is 11.5 Å². The van der Waals surface area contributed by atoms with Crippen LogP contribution in [0.4, 0.5) is 5.69 Å². The third-order valence-electron chi connectivity index (χ3n) is 4.16. The summed E-state index contributed by atoms with van der Waals surface area (Å²) in [6.07, 6.45) is 4.15. The van der Waals surface area contributed by atoms with Crippen molar-refractivity contribution in [2.75, 3.05) is 25.8 Å². The van der Waals surface area contributed by atoms with Gasteiger partial charge in [-0.1, -0.05) is 6.07 Å². The number of fused-ring (bicyclic) bond motifs is 1. The molecular weight excluding hydrogens is 320 g/mol. The summed E-state index contributed by atoms with van der Waals surface area (Å²) in [5.41, 5.74) is 3.51. The van der Waals surface area contributed by atoms with Crippen molar-refractivity contribution >= 4 is 28.4 Å². The minimum atomic E-state index is 0.729. The first-order valence-electron chi connectivity index (χ1n) is 7.74. The highest BCUT2D eigenvalue weighted by molar-refractivity contribution is 7.98. The predicted molar refractivity (Wildman–Crippen MR) is 102 cm³/mol. The molecule has 0 spiro atoms. The van der Waals surface area contributed by atoms with Crippen LogP contribution in [0.2, 0.25) is 0 Å². The maximum absolute atomic E-state index is 5.43. The van der Waals surface area contributed by atoms with Crippen molar-refractivity contribution in [2.45, 2.75) is 11.4 Å². The minimum absolute atomic E-state index is 0.729. The molecule has 1 N–H and O–H groups in total. The number of anilines is 1. The minimum Gasteiger partial charge on any atom is -0.493 e. The summed E-state index contributed by atoms with van der Waals surface area (Å²) in [7, 11) is 5.39. The average Bonchev–Trinajstić information content (AvgIpc) is 2.99. The lowest BCUT2D eigenvalue weighted by Gasteiger charge is -2.15. The van der Waals surface area contributed by atoms with Crippen molar-refractivity contribution in [1.82, 2.24) is 4.57 Å². The molecule has 1 aromatic heterocycles. The lowest BCUT2D eigenvalue weighted by molar-refractivity contribution is 0.353. The maximum atomic E-state index is 5.43. The van der Waals surface area contributed by atoms with Crippen LogP contribution in [-0.4, -0.2) is 25.0 Å². The van der Waals surface area contributed by atoms with Gasteiger partial charge < -0.3 is 19.4 Å². The van der Waals surface area contributed by atoms with E-state index in [1.54, 1.807) is 26.0 Å². The third kappa shape index (κ3) is 3.17. The van der Waals surface area contributed by atoms with Crippen LogP contribution in [0.25, 0.3) is 10.9 Å². The number of thioether (sulfide) groups is 1. The zero-order valence-corrected chi connectivity index (χ0v) is 15.2. The Morgan fingerprint density at radius 2 is 1.79 bits per heavy atom. The molecule has 0 radical (unpaired) electrons. The van der Waals surface area contributed by atoms with Crippen molar-refractivity contribution < 1.29 is 9.47 Å². The van der Waals surface area contributed by atoms with Crippen LogP contribution in [0.3, 0.4) is 0 Å². The van der Waals surface area contributed by atoms with Gasteiger partial charge in [0.15, 0.2) is 11.5 Å².